The van der Waals surface area contributed by atoms with Crippen LogP contribution in [0.25, 0.3) is 10.9 Å². The third-order valence-electron chi connectivity index (χ3n) is 4.02. The molecule has 0 bridgehead atoms. The number of nitrogens with zero attached hydrogens (tertiary/aromatic N) is 1. The van der Waals surface area contributed by atoms with Gasteiger partial charge in [0.1, 0.15) is 5.69 Å². The number of nitrogens with one attached hydrogen (secondary N) is 1. The van der Waals surface area contributed by atoms with Crippen molar-refractivity contribution in [2.24, 2.45) is 0 Å². The van der Waals surface area contributed by atoms with Crippen molar-refractivity contribution in [2.45, 2.75) is 26.2 Å². The molecular formula is C19H17ClN2O3. The number of H-pyrrole nitrogens is 1. The van der Waals surface area contributed by atoms with Gasteiger partial charge >= 0.3 is 5.97 Å². The number of carboxylic acid groups (broad SMARTS) is 1. The molecule has 3 rings (SSSR count). The molecule has 2 aromatic heterocycles. The number of aryl methyl sites for hydroxylation is 1. The number of halogens is 1. The first-order valence-electron chi connectivity index (χ1n) is 8.01. The van der Waals surface area contributed by atoms with Crippen molar-refractivity contribution in [1.82, 2.24) is 9.97 Å². The quantitative estimate of drug-likeness (QED) is 0.653. The Balaban J connectivity index is 2.12. The summed E-state index contributed by atoms with van der Waals surface area (Å²) < 4.78 is 0. The van der Waals surface area contributed by atoms with E-state index in [1.165, 1.54) is 0 Å². The smallest absolute Gasteiger partial charge is 0.307 e. The van der Waals surface area contributed by atoms with Crippen LogP contribution in [0.3, 0.4) is 0 Å². The summed E-state index contributed by atoms with van der Waals surface area (Å²) >= 11 is 6.03. The lowest BCUT2D eigenvalue weighted by Gasteiger charge is -2.04. The number of hydrogen-bond acceptors (Lipinski definition) is 3. The Morgan fingerprint density at radius 3 is 2.76 bits per heavy atom. The fourth-order valence-electron chi connectivity index (χ4n) is 2.92. The van der Waals surface area contributed by atoms with Gasteiger partial charge in [0.15, 0.2) is 0 Å². The van der Waals surface area contributed by atoms with Gasteiger partial charge in [-0.1, -0.05) is 24.9 Å². The van der Waals surface area contributed by atoms with Crippen molar-refractivity contribution < 1.29 is 14.7 Å². The maximum Gasteiger partial charge on any atom is 0.307 e. The number of hydrogen-bond donors (Lipinski definition) is 2. The third-order valence-corrected chi connectivity index (χ3v) is 4.25. The predicted octanol–water partition coefficient (Wildman–Crippen LogP) is 4.03. The first-order valence-corrected chi connectivity index (χ1v) is 8.39. The minimum absolute atomic E-state index is 0.251. The Hall–Kier alpha value is -2.66. The zero-order valence-electron chi connectivity index (χ0n) is 13.7. The summed E-state index contributed by atoms with van der Waals surface area (Å²) in [4.78, 5) is 31.4. The van der Waals surface area contributed by atoms with Crippen LogP contribution in [0, 0.1) is 0 Å². The van der Waals surface area contributed by atoms with Gasteiger partial charge in [-0.15, -0.1) is 0 Å². The van der Waals surface area contributed by atoms with Crippen molar-refractivity contribution in [1.29, 1.82) is 0 Å². The molecule has 0 aliphatic rings. The second-order valence-corrected chi connectivity index (χ2v) is 6.30. The van der Waals surface area contributed by atoms with Gasteiger partial charge in [-0.3, -0.25) is 14.6 Å². The maximum atomic E-state index is 12.9. The fraction of sp³-hybridized carbons (Fsp3) is 0.211. The summed E-state index contributed by atoms with van der Waals surface area (Å²) in [5.41, 5.74) is 2.68. The number of pyridine rings is 1. The Morgan fingerprint density at radius 2 is 2.04 bits per heavy atom. The molecule has 0 spiro atoms. The van der Waals surface area contributed by atoms with Gasteiger partial charge in [0.25, 0.3) is 0 Å². The number of rotatable bonds is 6. The van der Waals surface area contributed by atoms with Crippen molar-refractivity contribution >= 4 is 34.3 Å². The molecule has 5 nitrogen and oxygen atoms in total. The van der Waals surface area contributed by atoms with Crippen molar-refractivity contribution in [2.75, 3.05) is 0 Å². The lowest BCUT2D eigenvalue weighted by atomic mass is 10.0. The molecule has 6 heteroatoms. The van der Waals surface area contributed by atoms with Crippen molar-refractivity contribution in [3.8, 4) is 0 Å². The van der Waals surface area contributed by atoms with E-state index in [1.54, 1.807) is 30.5 Å². The number of carbonyl (C=O) groups excluding carboxylic acids is 1. The maximum absolute atomic E-state index is 12.9. The van der Waals surface area contributed by atoms with E-state index >= 15 is 0 Å². The lowest BCUT2D eigenvalue weighted by molar-refractivity contribution is -0.136. The molecule has 3 aromatic rings. The van der Waals surface area contributed by atoms with Crippen LogP contribution in [0.4, 0.5) is 0 Å². The number of aromatic amines is 1. The number of carboxylic acids is 1. The van der Waals surface area contributed by atoms with E-state index in [0.29, 0.717) is 27.2 Å². The summed E-state index contributed by atoms with van der Waals surface area (Å²) in [5, 5.41) is 10.4. The van der Waals surface area contributed by atoms with E-state index in [-0.39, 0.29) is 17.9 Å². The van der Waals surface area contributed by atoms with Crippen LogP contribution in [0.15, 0.2) is 36.5 Å². The SMILES string of the molecule is CCCc1ccnc(C(=O)c2[nH]c3ccc(Cl)cc3c2CC(=O)O)c1. The minimum atomic E-state index is -1.01. The molecule has 0 saturated heterocycles. The number of carbonyl (C=O) groups is 2. The first-order chi connectivity index (χ1) is 12.0. The number of aliphatic carboxylic acids is 1. The van der Waals surface area contributed by atoms with Crippen LogP contribution in [0.5, 0.6) is 0 Å². The molecule has 2 N–H and O–H groups in total. The molecule has 0 radical (unpaired) electrons. The molecular weight excluding hydrogens is 340 g/mol. The summed E-state index contributed by atoms with van der Waals surface area (Å²) in [6.07, 6.45) is 3.16. The molecule has 0 unspecified atom stereocenters. The van der Waals surface area contributed by atoms with E-state index in [9.17, 15) is 14.7 Å². The predicted molar refractivity (Wildman–Crippen MR) is 96.3 cm³/mol. The molecule has 1 aromatic carbocycles. The largest absolute Gasteiger partial charge is 0.481 e. The highest BCUT2D eigenvalue weighted by Gasteiger charge is 2.22. The second kappa shape index (κ2) is 7.07. The third kappa shape index (κ3) is 3.56. The average Bonchev–Trinajstić information content (AvgIpc) is 2.92. The molecule has 0 saturated carbocycles. The highest BCUT2D eigenvalue weighted by atomic mass is 35.5. The summed E-state index contributed by atoms with van der Waals surface area (Å²) in [7, 11) is 0. The Bertz CT molecular complexity index is 962. The van der Waals surface area contributed by atoms with Crippen LogP contribution in [-0.4, -0.2) is 26.8 Å². The van der Waals surface area contributed by atoms with E-state index in [0.717, 1.165) is 18.4 Å². The summed E-state index contributed by atoms with van der Waals surface area (Å²) in [6, 6.07) is 8.74. The molecule has 0 aliphatic carbocycles. The number of fused-ring (bicyclic) bond motifs is 1. The van der Waals surface area contributed by atoms with Gasteiger partial charge in [0, 0.05) is 27.7 Å². The van der Waals surface area contributed by atoms with Gasteiger partial charge in [-0.2, -0.15) is 0 Å². The fourth-order valence-corrected chi connectivity index (χ4v) is 3.09. The Labute approximate surface area is 149 Å². The van der Waals surface area contributed by atoms with E-state index < -0.39 is 5.97 Å². The second-order valence-electron chi connectivity index (χ2n) is 5.87. The average molecular weight is 357 g/mol. The van der Waals surface area contributed by atoms with Crippen LogP contribution in [-0.2, 0) is 17.6 Å². The van der Waals surface area contributed by atoms with E-state index in [2.05, 4.69) is 16.9 Å². The Kier molecular flexibility index (Phi) is 4.86. The van der Waals surface area contributed by atoms with E-state index in [4.69, 9.17) is 11.6 Å². The summed E-state index contributed by atoms with van der Waals surface area (Å²) in [5.74, 6) is -1.33. The lowest BCUT2D eigenvalue weighted by Crippen LogP contribution is -2.10. The molecule has 2 heterocycles. The number of benzene rings is 1. The zero-order valence-corrected chi connectivity index (χ0v) is 14.4. The van der Waals surface area contributed by atoms with Gasteiger partial charge < -0.3 is 10.1 Å². The van der Waals surface area contributed by atoms with Crippen molar-refractivity contribution in [3.63, 3.8) is 0 Å². The van der Waals surface area contributed by atoms with Gasteiger partial charge in [-0.25, -0.2) is 0 Å². The first kappa shape index (κ1) is 17.2. The number of aromatic nitrogens is 2. The zero-order chi connectivity index (χ0) is 18.0. The number of ketones is 1. The van der Waals surface area contributed by atoms with E-state index in [1.807, 2.05) is 6.07 Å². The van der Waals surface area contributed by atoms with Crippen LogP contribution in [0.1, 0.15) is 40.7 Å². The van der Waals surface area contributed by atoms with Gasteiger partial charge in [0.05, 0.1) is 12.1 Å². The highest BCUT2D eigenvalue weighted by molar-refractivity contribution is 6.31. The monoisotopic (exact) mass is 356 g/mol. The molecule has 0 fully saturated rings. The normalized spacial score (nSPS) is 11.0. The highest BCUT2D eigenvalue weighted by Crippen LogP contribution is 2.27. The Morgan fingerprint density at radius 1 is 1.24 bits per heavy atom. The molecule has 128 valence electrons. The molecule has 0 aliphatic heterocycles. The van der Waals surface area contributed by atoms with Gasteiger partial charge in [-0.05, 0) is 42.3 Å². The van der Waals surface area contributed by atoms with Crippen molar-refractivity contribution in [3.05, 3.63) is 64.1 Å². The molecule has 25 heavy (non-hydrogen) atoms. The molecule has 0 amide bonds. The topological polar surface area (TPSA) is 83.0 Å². The van der Waals surface area contributed by atoms with Crippen LogP contribution >= 0.6 is 11.6 Å². The molecule has 0 atom stereocenters. The standard InChI is InChI=1S/C19H17ClN2O3/c1-2-3-11-6-7-21-16(8-11)19(25)18-14(10-17(23)24)13-9-12(20)4-5-15(13)22-18/h4-9,22H,2-3,10H2,1H3,(H,23,24). The van der Waals surface area contributed by atoms with Gasteiger partial charge in [0.2, 0.25) is 5.78 Å². The summed E-state index contributed by atoms with van der Waals surface area (Å²) in [6.45, 7) is 2.06. The van der Waals surface area contributed by atoms with Crippen LogP contribution < -0.4 is 0 Å². The minimum Gasteiger partial charge on any atom is -0.481 e. The van der Waals surface area contributed by atoms with Crippen LogP contribution in [0.2, 0.25) is 5.02 Å².